The third-order valence-corrected chi connectivity index (χ3v) is 4.80. The Morgan fingerprint density at radius 2 is 1.91 bits per heavy atom. The lowest BCUT2D eigenvalue weighted by Crippen LogP contribution is -2.58. The molecule has 1 aromatic carbocycles. The van der Waals surface area contributed by atoms with E-state index in [9.17, 15) is 5.11 Å². The predicted molar refractivity (Wildman–Crippen MR) is 91.9 cm³/mol. The largest absolute Gasteiger partial charge is 0.383 e. The average Bonchev–Trinajstić information content (AvgIpc) is 2.58. The van der Waals surface area contributed by atoms with Gasteiger partial charge in [0.1, 0.15) is 5.60 Å². The summed E-state index contributed by atoms with van der Waals surface area (Å²) in [5.41, 5.74) is 1.29. The fourth-order valence-electron chi connectivity index (χ4n) is 3.50. The van der Waals surface area contributed by atoms with Crippen LogP contribution in [0.4, 0.5) is 0 Å². The van der Waals surface area contributed by atoms with Gasteiger partial charge in [-0.2, -0.15) is 0 Å². The fourth-order valence-corrected chi connectivity index (χ4v) is 3.50. The number of piperidine rings is 1. The van der Waals surface area contributed by atoms with Crippen LogP contribution in [0.3, 0.4) is 0 Å². The average molecular weight is 311 g/mol. The predicted octanol–water partition coefficient (Wildman–Crippen LogP) is 2.11. The fraction of sp³-hybridized carbons (Fsp3) is 0.421. The molecule has 4 heteroatoms. The summed E-state index contributed by atoms with van der Waals surface area (Å²) in [4.78, 5) is 8.94. The van der Waals surface area contributed by atoms with Crippen LogP contribution in [0.2, 0.25) is 0 Å². The molecule has 0 saturated carbocycles. The lowest BCUT2D eigenvalue weighted by molar-refractivity contribution is -0.0894. The normalized spacial score (nSPS) is 25.7. The van der Waals surface area contributed by atoms with Crippen LogP contribution >= 0.6 is 0 Å². The number of pyridine rings is 1. The minimum atomic E-state index is -0.800. The molecular weight excluding hydrogens is 286 g/mol. The molecule has 2 heterocycles. The van der Waals surface area contributed by atoms with Gasteiger partial charge in [-0.3, -0.25) is 9.88 Å². The first kappa shape index (κ1) is 16.1. The van der Waals surface area contributed by atoms with E-state index in [0.29, 0.717) is 0 Å². The second kappa shape index (κ2) is 6.79. The molecule has 0 amide bonds. The summed E-state index contributed by atoms with van der Waals surface area (Å²) in [5, 5.41) is 11.4. The zero-order valence-electron chi connectivity index (χ0n) is 13.9. The van der Waals surface area contributed by atoms with Crippen LogP contribution in [-0.2, 0) is 12.1 Å². The standard InChI is InChI=1S/C19H25N3O/c1-21(2)18-15-22(14-17-10-6-7-12-20-17)13-11-19(18,23)16-8-4-3-5-9-16/h3-10,12,18,23H,11,13-15H2,1-2H3/t18-,19+/m1/s1. The lowest BCUT2D eigenvalue weighted by atomic mass is 9.80. The second-order valence-corrected chi connectivity index (χ2v) is 6.58. The monoisotopic (exact) mass is 311 g/mol. The molecular formula is C19H25N3O. The number of likely N-dealkylation sites (N-methyl/N-ethyl adjacent to an activating group) is 1. The summed E-state index contributed by atoms with van der Waals surface area (Å²) in [7, 11) is 4.09. The van der Waals surface area contributed by atoms with Gasteiger partial charge < -0.3 is 10.0 Å². The molecule has 1 aromatic heterocycles. The molecule has 4 nitrogen and oxygen atoms in total. The molecule has 1 N–H and O–H groups in total. The van der Waals surface area contributed by atoms with Crippen LogP contribution < -0.4 is 0 Å². The topological polar surface area (TPSA) is 39.6 Å². The van der Waals surface area contributed by atoms with Gasteiger partial charge in [-0.15, -0.1) is 0 Å². The number of nitrogens with zero attached hydrogens (tertiary/aromatic N) is 3. The maximum Gasteiger partial charge on any atom is 0.107 e. The van der Waals surface area contributed by atoms with Crippen molar-refractivity contribution in [1.82, 2.24) is 14.8 Å². The van der Waals surface area contributed by atoms with E-state index in [0.717, 1.165) is 37.3 Å². The molecule has 1 aliphatic rings. The highest BCUT2D eigenvalue weighted by atomic mass is 16.3. The third kappa shape index (κ3) is 3.44. The van der Waals surface area contributed by atoms with Crippen molar-refractivity contribution in [3.63, 3.8) is 0 Å². The molecule has 0 spiro atoms. The van der Waals surface area contributed by atoms with Crippen LogP contribution in [0.15, 0.2) is 54.7 Å². The van der Waals surface area contributed by atoms with E-state index < -0.39 is 5.60 Å². The summed E-state index contributed by atoms with van der Waals surface area (Å²) in [6.07, 6.45) is 2.57. The zero-order chi connectivity index (χ0) is 16.3. The Balaban J connectivity index is 1.79. The third-order valence-electron chi connectivity index (χ3n) is 4.80. The number of rotatable bonds is 4. The van der Waals surface area contributed by atoms with Crippen molar-refractivity contribution in [1.29, 1.82) is 0 Å². The lowest BCUT2D eigenvalue weighted by Gasteiger charge is -2.47. The van der Waals surface area contributed by atoms with Gasteiger partial charge in [0.15, 0.2) is 0 Å². The van der Waals surface area contributed by atoms with Gasteiger partial charge in [0.2, 0.25) is 0 Å². The quantitative estimate of drug-likeness (QED) is 0.939. The number of benzene rings is 1. The van der Waals surface area contributed by atoms with Crippen molar-refractivity contribution < 1.29 is 5.11 Å². The molecule has 1 aliphatic heterocycles. The molecule has 1 saturated heterocycles. The Bertz CT molecular complexity index is 617. The van der Waals surface area contributed by atoms with E-state index in [-0.39, 0.29) is 6.04 Å². The molecule has 23 heavy (non-hydrogen) atoms. The van der Waals surface area contributed by atoms with Gasteiger partial charge in [0, 0.05) is 25.8 Å². The minimum Gasteiger partial charge on any atom is -0.383 e. The van der Waals surface area contributed by atoms with Crippen LogP contribution in [0.5, 0.6) is 0 Å². The SMILES string of the molecule is CN(C)[C@@H]1CN(Cc2ccccn2)CC[C@]1(O)c1ccccc1. The maximum absolute atomic E-state index is 11.4. The summed E-state index contributed by atoms with van der Waals surface area (Å²) < 4.78 is 0. The molecule has 0 radical (unpaired) electrons. The van der Waals surface area contributed by atoms with Crippen LogP contribution in [-0.4, -0.2) is 53.1 Å². The molecule has 3 rings (SSSR count). The van der Waals surface area contributed by atoms with Crippen molar-refractivity contribution in [3.05, 3.63) is 66.0 Å². The highest BCUT2D eigenvalue weighted by Gasteiger charge is 2.43. The van der Waals surface area contributed by atoms with Crippen molar-refractivity contribution in [2.75, 3.05) is 27.2 Å². The molecule has 0 aliphatic carbocycles. The Kier molecular flexibility index (Phi) is 4.76. The van der Waals surface area contributed by atoms with Crippen molar-refractivity contribution in [2.45, 2.75) is 24.6 Å². The highest BCUT2D eigenvalue weighted by molar-refractivity contribution is 5.26. The van der Waals surface area contributed by atoms with E-state index in [1.807, 2.05) is 62.8 Å². The van der Waals surface area contributed by atoms with Crippen molar-refractivity contribution in [3.8, 4) is 0 Å². The molecule has 2 atom stereocenters. The van der Waals surface area contributed by atoms with Crippen LogP contribution in [0.25, 0.3) is 0 Å². The Morgan fingerprint density at radius 1 is 1.17 bits per heavy atom. The first-order valence-corrected chi connectivity index (χ1v) is 8.16. The van der Waals surface area contributed by atoms with Gasteiger partial charge in [-0.25, -0.2) is 0 Å². The van der Waals surface area contributed by atoms with Crippen LogP contribution in [0.1, 0.15) is 17.7 Å². The summed E-state index contributed by atoms with van der Waals surface area (Å²) in [6, 6.07) is 16.1. The Hall–Kier alpha value is -1.75. The number of aliphatic hydroxyl groups is 1. The van der Waals surface area contributed by atoms with E-state index in [1.54, 1.807) is 0 Å². The first-order valence-electron chi connectivity index (χ1n) is 8.16. The summed E-state index contributed by atoms with van der Waals surface area (Å²) >= 11 is 0. The molecule has 2 aromatic rings. The van der Waals surface area contributed by atoms with Gasteiger partial charge >= 0.3 is 0 Å². The summed E-state index contributed by atoms with van der Waals surface area (Å²) in [5.74, 6) is 0. The first-order chi connectivity index (χ1) is 11.1. The van der Waals surface area contributed by atoms with Gasteiger partial charge in [0.05, 0.1) is 11.7 Å². The number of hydrogen-bond acceptors (Lipinski definition) is 4. The van der Waals surface area contributed by atoms with Gasteiger partial charge in [-0.05, 0) is 38.2 Å². The molecule has 122 valence electrons. The highest BCUT2D eigenvalue weighted by Crippen LogP contribution is 2.35. The minimum absolute atomic E-state index is 0.0577. The van der Waals surface area contributed by atoms with E-state index >= 15 is 0 Å². The Labute approximate surface area is 138 Å². The molecule has 1 fully saturated rings. The van der Waals surface area contributed by atoms with Gasteiger partial charge in [0.25, 0.3) is 0 Å². The summed E-state index contributed by atoms with van der Waals surface area (Å²) in [6.45, 7) is 2.53. The molecule has 0 unspecified atom stereocenters. The van der Waals surface area contributed by atoms with Crippen molar-refractivity contribution >= 4 is 0 Å². The Morgan fingerprint density at radius 3 is 2.57 bits per heavy atom. The number of aromatic nitrogens is 1. The molecule has 0 bridgehead atoms. The smallest absolute Gasteiger partial charge is 0.107 e. The van der Waals surface area contributed by atoms with Crippen LogP contribution in [0, 0.1) is 0 Å². The maximum atomic E-state index is 11.4. The van der Waals surface area contributed by atoms with Crippen molar-refractivity contribution in [2.24, 2.45) is 0 Å². The van der Waals surface area contributed by atoms with E-state index in [2.05, 4.69) is 20.9 Å². The zero-order valence-corrected chi connectivity index (χ0v) is 13.9. The number of hydrogen-bond donors (Lipinski definition) is 1. The second-order valence-electron chi connectivity index (χ2n) is 6.58. The number of likely N-dealkylation sites (tertiary alicyclic amines) is 1. The van der Waals surface area contributed by atoms with E-state index in [1.165, 1.54) is 0 Å². The van der Waals surface area contributed by atoms with E-state index in [4.69, 9.17) is 0 Å². The van der Waals surface area contributed by atoms with Gasteiger partial charge in [-0.1, -0.05) is 36.4 Å².